The number of benzene rings is 2. The highest BCUT2D eigenvalue weighted by atomic mass is 127. The topological polar surface area (TPSA) is 66.6 Å². The fraction of sp³-hybridized carbons (Fsp3) is 0.458. The van der Waals surface area contributed by atoms with E-state index in [1.54, 1.807) is 0 Å². The summed E-state index contributed by atoms with van der Waals surface area (Å²) >= 11 is 0. The van der Waals surface area contributed by atoms with E-state index in [1.165, 1.54) is 12.1 Å². The van der Waals surface area contributed by atoms with Gasteiger partial charge < -0.3 is 25.0 Å². The van der Waals surface area contributed by atoms with Crippen molar-refractivity contribution in [2.24, 2.45) is 10.7 Å². The van der Waals surface area contributed by atoms with E-state index in [0.717, 1.165) is 76.0 Å². The summed E-state index contributed by atoms with van der Waals surface area (Å²) in [5, 5.41) is 0. The summed E-state index contributed by atoms with van der Waals surface area (Å²) in [6.45, 7) is 8.86. The lowest BCUT2D eigenvalue weighted by Gasteiger charge is -2.36. The average molecular weight is 569 g/mol. The molecule has 0 atom stereocenters. The van der Waals surface area contributed by atoms with Gasteiger partial charge in [0.25, 0.3) is 0 Å². The van der Waals surface area contributed by atoms with Gasteiger partial charge in [-0.3, -0.25) is 4.90 Å². The maximum Gasteiger partial charge on any atom is 0.191 e. The Morgan fingerprint density at radius 3 is 2.45 bits per heavy atom. The molecule has 0 aromatic heterocycles. The first kappa shape index (κ1) is 25.5. The lowest BCUT2D eigenvalue weighted by atomic mass is 10.2. The minimum Gasteiger partial charge on any atom is -0.492 e. The molecule has 33 heavy (non-hydrogen) atoms. The molecule has 0 aliphatic carbocycles. The van der Waals surface area contributed by atoms with Crippen LogP contribution in [0.4, 0.5) is 10.1 Å². The molecule has 2 aliphatic rings. The summed E-state index contributed by atoms with van der Waals surface area (Å²) in [6.07, 6.45) is 0. The van der Waals surface area contributed by atoms with Gasteiger partial charge in [0, 0.05) is 51.5 Å². The minimum atomic E-state index is -0.213. The normalized spacial score (nSPS) is 17.5. The fourth-order valence-electron chi connectivity index (χ4n) is 3.97. The van der Waals surface area contributed by atoms with Crippen LogP contribution in [0, 0.1) is 5.82 Å². The lowest BCUT2D eigenvalue weighted by Crippen LogP contribution is -2.51. The van der Waals surface area contributed by atoms with Crippen LogP contribution in [0.1, 0.15) is 5.56 Å². The van der Waals surface area contributed by atoms with E-state index in [4.69, 9.17) is 15.2 Å². The van der Waals surface area contributed by atoms with Crippen LogP contribution in [-0.2, 0) is 11.3 Å². The Balaban J connectivity index is 0.00000306. The number of hydrogen-bond acceptors (Lipinski definition) is 5. The van der Waals surface area contributed by atoms with Crippen LogP contribution in [-0.4, -0.2) is 81.4 Å². The summed E-state index contributed by atoms with van der Waals surface area (Å²) in [5.41, 5.74) is 8.37. The van der Waals surface area contributed by atoms with Gasteiger partial charge in [-0.25, -0.2) is 9.38 Å². The van der Waals surface area contributed by atoms with Crippen LogP contribution in [0.5, 0.6) is 5.75 Å². The number of piperazine rings is 1. The van der Waals surface area contributed by atoms with E-state index < -0.39 is 0 Å². The summed E-state index contributed by atoms with van der Waals surface area (Å²) in [6, 6.07) is 14.7. The molecule has 0 bridgehead atoms. The van der Waals surface area contributed by atoms with Crippen LogP contribution >= 0.6 is 24.0 Å². The molecule has 0 radical (unpaired) electrons. The number of aliphatic imine (C=N–C) groups is 1. The monoisotopic (exact) mass is 569 g/mol. The van der Waals surface area contributed by atoms with Crippen molar-refractivity contribution in [2.45, 2.75) is 6.54 Å². The van der Waals surface area contributed by atoms with E-state index in [2.05, 4.69) is 19.7 Å². The van der Waals surface area contributed by atoms with Crippen molar-refractivity contribution >= 4 is 35.6 Å². The Hall–Kier alpha value is -2.11. The summed E-state index contributed by atoms with van der Waals surface area (Å²) in [4.78, 5) is 11.3. The van der Waals surface area contributed by atoms with Gasteiger partial charge in [0.2, 0.25) is 0 Å². The van der Waals surface area contributed by atoms with Gasteiger partial charge in [-0.15, -0.1) is 24.0 Å². The second-order valence-electron chi connectivity index (χ2n) is 8.07. The molecule has 9 heteroatoms. The highest BCUT2D eigenvalue weighted by Crippen LogP contribution is 2.17. The molecular weight excluding hydrogens is 536 g/mol. The van der Waals surface area contributed by atoms with Gasteiger partial charge >= 0.3 is 0 Å². The van der Waals surface area contributed by atoms with Crippen molar-refractivity contribution in [1.29, 1.82) is 0 Å². The largest absolute Gasteiger partial charge is 0.492 e. The molecule has 0 amide bonds. The van der Waals surface area contributed by atoms with Crippen LogP contribution < -0.4 is 15.4 Å². The predicted octanol–water partition coefficient (Wildman–Crippen LogP) is 2.79. The molecule has 2 fully saturated rings. The van der Waals surface area contributed by atoms with Gasteiger partial charge in [-0.2, -0.15) is 0 Å². The summed E-state index contributed by atoms with van der Waals surface area (Å²) < 4.78 is 24.4. The molecular formula is C24H33FIN5O2. The highest BCUT2D eigenvalue weighted by molar-refractivity contribution is 14.0. The quantitative estimate of drug-likeness (QED) is 0.315. The van der Waals surface area contributed by atoms with E-state index in [9.17, 15) is 4.39 Å². The fourth-order valence-corrected chi connectivity index (χ4v) is 3.97. The van der Waals surface area contributed by atoms with Crippen LogP contribution in [0.25, 0.3) is 0 Å². The zero-order valence-corrected chi connectivity index (χ0v) is 21.2. The number of halogens is 2. The Morgan fingerprint density at radius 1 is 1.00 bits per heavy atom. The first-order chi connectivity index (χ1) is 15.7. The molecule has 2 aliphatic heterocycles. The van der Waals surface area contributed by atoms with E-state index in [1.807, 2.05) is 36.4 Å². The minimum absolute atomic E-state index is 0. The van der Waals surface area contributed by atoms with Crippen molar-refractivity contribution < 1.29 is 13.9 Å². The zero-order chi connectivity index (χ0) is 22.2. The Kier molecular flexibility index (Phi) is 10.0. The average Bonchev–Trinajstić information content (AvgIpc) is 2.84. The third kappa shape index (κ3) is 7.72. The van der Waals surface area contributed by atoms with Crippen molar-refractivity contribution in [3.05, 3.63) is 59.9 Å². The maximum atomic E-state index is 13.1. The molecule has 0 unspecified atom stereocenters. The third-order valence-corrected chi connectivity index (χ3v) is 5.90. The lowest BCUT2D eigenvalue weighted by molar-refractivity contribution is 0.0322. The van der Waals surface area contributed by atoms with Gasteiger partial charge in [-0.05, 0) is 42.0 Å². The Labute approximate surface area is 212 Å². The molecule has 2 aromatic rings. The summed E-state index contributed by atoms with van der Waals surface area (Å²) in [5.74, 6) is 1.20. The van der Waals surface area contributed by atoms with Gasteiger partial charge in [0.1, 0.15) is 18.2 Å². The summed E-state index contributed by atoms with van der Waals surface area (Å²) in [7, 11) is 0. The maximum absolute atomic E-state index is 13.1. The number of guanidine groups is 1. The SMILES string of the molecule is I.NC(=NCc1cccc(OCCN2CCOCC2)c1)N1CCN(c2ccc(F)cc2)CC1. The first-order valence-electron chi connectivity index (χ1n) is 11.2. The number of anilines is 1. The molecule has 2 heterocycles. The number of nitrogens with two attached hydrogens (primary N) is 1. The van der Waals surface area contributed by atoms with Crippen LogP contribution in [0.2, 0.25) is 0 Å². The van der Waals surface area contributed by atoms with Crippen LogP contribution in [0.3, 0.4) is 0 Å². The zero-order valence-electron chi connectivity index (χ0n) is 18.9. The van der Waals surface area contributed by atoms with Crippen molar-refractivity contribution in [3.63, 3.8) is 0 Å². The van der Waals surface area contributed by atoms with Crippen molar-refractivity contribution in [3.8, 4) is 5.75 Å². The van der Waals surface area contributed by atoms with Gasteiger partial charge in [0.05, 0.1) is 19.8 Å². The molecule has 180 valence electrons. The molecule has 2 aromatic carbocycles. The van der Waals surface area contributed by atoms with Crippen molar-refractivity contribution in [2.75, 3.05) is 70.5 Å². The third-order valence-electron chi connectivity index (χ3n) is 5.90. The number of hydrogen-bond donors (Lipinski definition) is 1. The molecule has 0 spiro atoms. The standard InChI is InChI=1S/C24H32FN5O2.HI/c25-21-4-6-22(7-5-21)29-8-10-30(11-9-29)24(26)27-19-20-2-1-3-23(18-20)32-17-14-28-12-15-31-16-13-28;/h1-7,18H,8-17,19H2,(H2,26,27);1H. The number of rotatable bonds is 7. The Morgan fingerprint density at radius 2 is 1.73 bits per heavy atom. The number of morpholine rings is 1. The van der Waals surface area contributed by atoms with E-state index in [0.29, 0.717) is 19.1 Å². The first-order valence-corrected chi connectivity index (χ1v) is 11.2. The van der Waals surface area contributed by atoms with Gasteiger partial charge in [0.15, 0.2) is 5.96 Å². The molecule has 7 nitrogen and oxygen atoms in total. The second kappa shape index (κ2) is 13.0. The van der Waals surface area contributed by atoms with Crippen LogP contribution in [0.15, 0.2) is 53.5 Å². The van der Waals surface area contributed by atoms with Gasteiger partial charge in [-0.1, -0.05) is 12.1 Å². The smallest absolute Gasteiger partial charge is 0.191 e. The number of ether oxygens (including phenoxy) is 2. The molecule has 0 saturated carbocycles. The van der Waals surface area contributed by atoms with Crippen molar-refractivity contribution in [1.82, 2.24) is 9.80 Å². The van der Waals surface area contributed by atoms with E-state index >= 15 is 0 Å². The predicted molar refractivity (Wildman–Crippen MR) is 140 cm³/mol. The highest BCUT2D eigenvalue weighted by Gasteiger charge is 2.18. The molecule has 2 saturated heterocycles. The molecule has 2 N–H and O–H groups in total. The second-order valence-corrected chi connectivity index (χ2v) is 8.07. The Bertz CT molecular complexity index is 885. The van der Waals surface area contributed by atoms with E-state index in [-0.39, 0.29) is 29.8 Å². The number of nitrogens with zero attached hydrogens (tertiary/aromatic N) is 4. The molecule has 4 rings (SSSR count).